The second-order valence-electron chi connectivity index (χ2n) is 6.49. The Labute approximate surface area is 163 Å². The Hall–Kier alpha value is -3.41. The largest absolute Gasteiger partial charge is 0.494 e. The number of nitrogens with zero attached hydrogens (tertiary/aromatic N) is 2. The molecule has 0 saturated carbocycles. The molecule has 0 aliphatic heterocycles. The highest BCUT2D eigenvalue weighted by Crippen LogP contribution is 2.20. The van der Waals surface area contributed by atoms with Crippen molar-refractivity contribution in [3.05, 3.63) is 76.6 Å². The normalized spacial score (nSPS) is 11.7. The summed E-state index contributed by atoms with van der Waals surface area (Å²) in [4.78, 5) is 24.9. The number of aryl methyl sites for hydroxylation is 1. The van der Waals surface area contributed by atoms with Gasteiger partial charge in [0.15, 0.2) is 0 Å². The molecule has 1 aromatic heterocycles. The van der Waals surface area contributed by atoms with Crippen LogP contribution in [0.3, 0.4) is 0 Å². The smallest absolute Gasteiger partial charge is 0.267 e. The Morgan fingerprint density at radius 2 is 1.75 bits per heavy atom. The van der Waals surface area contributed by atoms with Gasteiger partial charge in [-0.05, 0) is 63.2 Å². The van der Waals surface area contributed by atoms with Crippen molar-refractivity contribution < 1.29 is 9.53 Å². The van der Waals surface area contributed by atoms with E-state index in [9.17, 15) is 9.59 Å². The van der Waals surface area contributed by atoms with Crippen LogP contribution in [-0.4, -0.2) is 22.3 Å². The summed E-state index contributed by atoms with van der Waals surface area (Å²) in [7, 11) is 0. The van der Waals surface area contributed by atoms with E-state index in [4.69, 9.17) is 4.74 Å². The SMILES string of the molecule is CCOc1ccc(-c2ccc(=O)n(C(C)C(=O)Nc3ccc(C)cc3)n2)cc1. The van der Waals surface area contributed by atoms with Crippen LogP contribution in [0.1, 0.15) is 25.5 Å². The van der Waals surface area contributed by atoms with Crippen LogP contribution in [-0.2, 0) is 4.79 Å². The van der Waals surface area contributed by atoms with Gasteiger partial charge >= 0.3 is 0 Å². The maximum atomic E-state index is 12.6. The molecule has 0 bridgehead atoms. The second-order valence-corrected chi connectivity index (χ2v) is 6.49. The van der Waals surface area contributed by atoms with E-state index in [1.54, 1.807) is 13.0 Å². The molecule has 144 valence electrons. The number of hydrogen-bond donors (Lipinski definition) is 1. The van der Waals surface area contributed by atoms with Crippen LogP contribution in [0.4, 0.5) is 5.69 Å². The molecule has 1 atom stereocenters. The third-order valence-electron chi connectivity index (χ3n) is 4.35. The zero-order chi connectivity index (χ0) is 20.1. The predicted molar refractivity (Wildman–Crippen MR) is 110 cm³/mol. The third kappa shape index (κ3) is 4.46. The number of ether oxygens (including phenoxy) is 1. The molecule has 1 unspecified atom stereocenters. The van der Waals surface area contributed by atoms with Crippen molar-refractivity contribution in [3.8, 4) is 17.0 Å². The minimum atomic E-state index is -0.753. The predicted octanol–water partition coefficient (Wildman–Crippen LogP) is 3.82. The van der Waals surface area contributed by atoms with Crippen LogP contribution in [0.2, 0.25) is 0 Å². The first-order valence-corrected chi connectivity index (χ1v) is 9.18. The average molecular weight is 377 g/mol. The number of aromatic nitrogens is 2. The summed E-state index contributed by atoms with van der Waals surface area (Å²) in [6.07, 6.45) is 0. The van der Waals surface area contributed by atoms with E-state index in [2.05, 4.69) is 10.4 Å². The van der Waals surface area contributed by atoms with E-state index in [0.29, 0.717) is 18.0 Å². The molecule has 2 aromatic carbocycles. The molecular formula is C22H23N3O3. The summed E-state index contributed by atoms with van der Waals surface area (Å²) in [5.41, 5.74) is 2.90. The van der Waals surface area contributed by atoms with E-state index in [1.165, 1.54) is 10.7 Å². The van der Waals surface area contributed by atoms with E-state index in [1.807, 2.05) is 62.4 Å². The summed E-state index contributed by atoms with van der Waals surface area (Å²) in [6, 6.07) is 17.3. The van der Waals surface area contributed by atoms with Crippen molar-refractivity contribution in [2.75, 3.05) is 11.9 Å². The summed E-state index contributed by atoms with van der Waals surface area (Å²) in [5, 5.41) is 7.22. The van der Waals surface area contributed by atoms with Crippen LogP contribution < -0.4 is 15.6 Å². The molecule has 3 rings (SSSR count). The van der Waals surface area contributed by atoms with Gasteiger partial charge in [0, 0.05) is 17.3 Å². The number of anilines is 1. The van der Waals surface area contributed by atoms with Crippen molar-refractivity contribution in [3.63, 3.8) is 0 Å². The maximum Gasteiger partial charge on any atom is 0.267 e. The maximum absolute atomic E-state index is 12.6. The molecule has 0 radical (unpaired) electrons. The lowest BCUT2D eigenvalue weighted by Gasteiger charge is -2.15. The first kappa shape index (κ1) is 19.4. The fourth-order valence-electron chi connectivity index (χ4n) is 2.74. The molecule has 0 spiro atoms. The zero-order valence-corrected chi connectivity index (χ0v) is 16.2. The van der Waals surface area contributed by atoms with Gasteiger partial charge in [0.1, 0.15) is 11.8 Å². The van der Waals surface area contributed by atoms with Crippen LogP contribution >= 0.6 is 0 Å². The Morgan fingerprint density at radius 3 is 2.39 bits per heavy atom. The number of rotatable bonds is 6. The van der Waals surface area contributed by atoms with E-state index < -0.39 is 6.04 Å². The molecular weight excluding hydrogens is 354 g/mol. The molecule has 0 fully saturated rings. The van der Waals surface area contributed by atoms with Gasteiger partial charge in [0.05, 0.1) is 12.3 Å². The van der Waals surface area contributed by atoms with Crippen molar-refractivity contribution in [1.29, 1.82) is 0 Å². The van der Waals surface area contributed by atoms with Crippen LogP contribution in [0.5, 0.6) is 5.75 Å². The van der Waals surface area contributed by atoms with Gasteiger partial charge in [-0.15, -0.1) is 0 Å². The molecule has 6 nitrogen and oxygen atoms in total. The summed E-state index contributed by atoms with van der Waals surface area (Å²) in [6.45, 7) is 6.15. The number of amides is 1. The van der Waals surface area contributed by atoms with Crippen LogP contribution in [0, 0.1) is 6.92 Å². The number of benzene rings is 2. The lowest BCUT2D eigenvalue weighted by Crippen LogP contribution is -2.33. The van der Waals surface area contributed by atoms with Gasteiger partial charge in [0.2, 0.25) is 5.91 Å². The Bertz CT molecular complexity index is 1010. The lowest BCUT2D eigenvalue weighted by atomic mass is 10.1. The van der Waals surface area contributed by atoms with Crippen molar-refractivity contribution in [2.24, 2.45) is 0 Å². The fourth-order valence-corrected chi connectivity index (χ4v) is 2.74. The van der Waals surface area contributed by atoms with E-state index in [0.717, 1.165) is 16.9 Å². The summed E-state index contributed by atoms with van der Waals surface area (Å²) in [5.74, 6) is 0.465. The number of carbonyl (C=O) groups excluding carboxylic acids is 1. The molecule has 1 amide bonds. The Morgan fingerprint density at radius 1 is 1.07 bits per heavy atom. The summed E-state index contributed by atoms with van der Waals surface area (Å²) < 4.78 is 6.65. The first-order valence-electron chi connectivity index (χ1n) is 9.18. The topological polar surface area (TPSA) is 73.2 Å². The quantitative estimate of drug-likeness (QED) is 0.709. The molecule has 3 aromatic rings. The summed E-state index contributed by atoms with van der Waals surface area (Å²) >= 11 is 0. The highest BCUT2D eigenvalue weighted by atomic mass is 16.5. The molecule has 28 heavy (non-hydrogen) atoms. The van der Waals surface area contributed by atoms with E-state index >= 15 is 0 Å². The number of carbonyl (C=O) groups is 1. The van der Waals surface area contributed by atoms with Gasteiger partial charge in [0.25, 0.3) is 5.56 Å². The van der Waals surface area contributed by atoms with Gasteiger partial charge in [-0.1, -0.05) is 17.7 Å². The zero-order valence-electron chi connectivity index (χ0n) is 16.2. The second kappa shape index (κ2) is 8.52. The minimum Gasteiger partial charge on any atom is -0.494 e. The standard InChI is InChI=1S/C22H23N3O3/c1-4-28-19-11-7-17(8-12-19)20-13-14-21(26)25(24-20)16(3)22(27)23-18-9-5-15(2)6-10-18/h5-14,16H,4H2,1-3H3,(H,23,27). The molecule has 1 heterocycles. The third-order valence-corrected chi connectivity index (χ3v) is 4.35. The lowest BCUT2D eigenvalue weighted by molar-refractivity contribution is -0.119. The van der Waals surface area contributed by atoms with E-state index in [-0.39, 0.29) is 11.5 Å². The molecule has 0 saturated heterocycles. The monoisotopic (exact) mass is 377 g/mol. The minimum absolute atomic E-state index is 0.303. The number of hydrogen-bond acceptors (Lipinski definition) is 4. The van der Waals surface area contributed by atoms with Crippen molar-refractivity contribution in [2.45, 2.75) is 26.8 Å². The molecule has 0 aliphatic carbocycles. The van der Waals surface area contributed by atoms with Gasteiger partial charge in [-0.3, -0.25) is 9.59 Å². The van der Waals surface area contributed by atoms with Gasteiger partial charge < -0.3 is 10.1 Å². The highest BCUT2D eigenvalue weighted by Gasteiger charge is 2.18. The molecule has 0 aliphatic rings. The highest BCUT2D eigenvalue weighted by molar-refractivity contribution is 5.93. The van der Waals surface area contributed by atoms with Gasteiger partial charge in [-0.2, -0.15) is 5.10 Å². The Kier molecular flexibility index (Phi) is 5.89. The van der Waals surface area contributed by atoms with Crippen LogP contribution in [0.15, 0.2) is 65.5 Å². The number of nitrogens with one attached hydrogen (secondary N) is 1. The first-order chi connectivity index (χ1) is 13.5. The van der Waals surface area contributed by atoms with Crippen molar-refractivity contribution in [1.82, 2.24) is 9.78 Å². The fraction of sp³-hybridized carbons (Fsp3) is 0.227. The molecule has 6 heteroatoms. The Balaban J connectivity index is 1.82. The average Bonchev–Trinajstić information content (AvgIpc) is 2.70. The van der Waals surface area contributed by atoms with Crippen molar-refractivity contribution >= 4 is 11.6 Å². The van der Waals surface area contributed by atoms with Crippen LogP contribution in [0.25, 0.3) is 11.3 Å². The van der Waals surface area contributed by atoms with Gasteiger partial charge in [-0.25, -0.2) is 4.68 Å². The molecule has 1 N–H and O–H groups in total.